The smallest absolute Gasteiger partial charge is 0.105 e. The maximum Gasteiger partial charge on any atom is 0.105 e. The predicted molar refractivity (Wildman–Crippen MR) is 70.3 cm³/mol. The summed E-state index contributed by atoms with van der Waals surface area (Å²) in [5.74, 6) is 2.05. The quantitative estimate of drug-likeness (QED) is 0.874. The zero-order valence-electron chi connectivity index (χ0n) is 11.4. The minimum Gasteiger partial charge on any atom is -0.466 e. The second kappa shape index (κ2) is 5.23. The molecule has 0 saturated carbocycles. The molecule has 2 atom stereocenters. The highest BCUT2D eigenvalue weighted by Gasteiger charge is 2.20. The van der Waals surface area contributed by atoms with Crippen LogP contribution < -0.4 is 5.32 Å². The van der Waals surface area contributed by atoms with Gasteiger partial charge in [0.15, 0.2) is 0 Å². The number of nitrogens with zero attached hydrogens (tertiary/aromatic N) is 1. The van der Waals surface area contributed by atoms with Gasteiger partial charge in [-0.3, -0.25) is 0 Å². The van der Waals surface area contributed by atoms with E-state index in [2.05, 4.69) is 30.3 Å². The van der Waals surface area contributed by atoms with Gasteiger partial charge in [0.05, 0.1) is 0 Å². The Kier molecular flexibility index (Phi) is 3.89. The van der Waals surface area contributed by atoms with Crippen LogP contribution in [0.3, 0.4) is 0 Å². The average Bonchev–Trinajstić information content (AvgIpc) is 2.58. The molecule has 3 nitrogen and oxygen atoms in total. The summed E-state index contributed by atoms with van der Waals surface area (Å²) in [6.07, 6.45) is 2.58. The summed E-state index contributed by atoms with van der Waals surface area (Å²) in [6.45, 7) is 8.67. The lowest BCUT2D eigenvalue weighted by Gasteiger charge is -2.32. The molecule has 1 aromatic rings. The number of piperidine rings is 1. The predicted octanol–water partition coefficient (Wildman–Crippen LogP) is 2.64. The van der Waals surface area contributed by atoms with E-state index in [4.69, 9.17) is 4.42 Å². The van der Waals surface area contributed by atoms with Crippen LogP contribution in [0.2, 0.25) is 0 Å². The first-order valence-corrected chi connectivity index (χ1v) is 6.58. The molecule has 0 bridgehead atoms. The van der Waals surface area contributed by atoms with Gasteiger partial charge < -0.3 is 14.6 Å². The molecule has 0 amide bonds. The van der Waals surface area contributed by atoms with Crippen molar-refractivity contribution < 1.29 is 4.42 Å². The van der Waals surface area contributed by atoms with Crippen LogP contribution in [-0.2, 0) is 0 Å². The second-order valence-corrected chi connectivity index (χ2v) is 5.36. The Morgan fingerprint density at radius 3 is 2.82 bits per heavy atom. The fourth-order valence-corrected chi connectivity index (χ4v) is 2.83. The van der Waals surface area contributed by atoms with Gasteiger partial charge in [0.1, 0.15) is 11.5 Å². The largest absolute Gasteiger partial charge is 0.466 e. The van der Waals surface area contributed by atoms with Crippen molar-refractivity contribution >= 4 is 0 Å². The molecular weight excluding hydrogens is 212 g/mol. The Bertz CT molecular complexity index is 372. The summed E-state index contributed by atoms with van der Waals surface area (Å²) < 4.78 is 5.60. The molecule has 1 aliphatic rings. The Morgan fingerprint density at radius 2 is 2.24 bits per heavy atom. The zero-order chi connectivity index (χ0) is 12.4. The molecule has 2 heterocycles. The number of hydrogen-bond acceptors (Lipinski definition) is 3. The number of likely N-dealkylation sites (N-methyl/N-ethyl adjacent to an activating group) is 1. The highest BCUT2D eigenvalue weighted by molar-refractivity contribution is 5.23. The van der Waals surface area contributed by atoms with Crippen LogP contribution in [-0.4, -0.2) is 31.1 Å². The molecule has 1 saturated heterocycles. The summed E-state index contributed by atoms with van der Waals surface area (Å²) in [5.41, 5.74) is 1.30. The number of furan rings is 1. The number of aryl methyl sites for hydroxylation is 2. The van der Waals surface area contributed by atoms with Gasteiger partial charge in [-0.1, -0.05) is 0 Å². The van der Waals surface area contributed by atoms with E-state index < -0.39 is 0 Å². The third-order valence-electron chi connectivity index (χ3n) is 3.66. The zero-order valence-corrected chi connectivity index (χ0v) is 11.4. The van der Waals surface area contributed by atoms with Crippen molar-refractivity contribution in [3.05, 3.63) is 23.2 Å². The van der Waals surface area contributed by atoms with Gasteiger partial charge in [-0.05, 0) is 53.3 Å². The molecule has 3 heteroatoms. The highest BCUT2D eigenvalue weighted by atomic mass is 16.3. The first kappa shape index (κ1) is 12.7. The normalized spacial score (nSPS) is 23.9. The number of hydrogen-bond donors (Lipinski definition) is 1. The minimum atomic E-state index is 0.379. The van der Waals surface area contributed by atoms with Gasteiger partial charge in [0.25, 0.3) is 0 Å². The molecule has 0 aliphatic carbocycles. The fraction of sp³-hybridized carbons (Fsp3) is 0.714. The molecule has 1 aromatic heterocycles. The third-order valence-corrected chi connectivity index (χ3v) is 3.66. The monoisotopic (exact) mass is 236 g/mol. The number of nitrogens with one attached hydrogen (secondary N) is 1. The molecule has 0 aromatic carbocycles. The van der Waals surface area contributed by atoms with E-state index in [-0.39, 0.29) is 0 Å². The molecule has 1 aliphatic heterocycles. The van der Waals surface area contributed by atoms with E-state index in [9.17, 15) is 0 Å². The fourth-order valence-electron chi connectivity index (χ4n) is 2.83. The van der Waals surface area contributed by atoms with Gasteiger partial charge in [-0.25, -0.2) is 0 Å². The van der Waals surface area contributed by atoms with Crippen molar-refractivity contribution in [3.8, 4) is 0 Å². The SMILES string of the molecule is Cc1cc(C(C)NC2CCCN(C)C2)c(C)o1. The first-order chi connectivity index (χ1) is 8.06. The maximum atomic E-state index is 5.60. The van der Waals surface area contributed by atoms with Crippen LogP contribution >= 0.6 is 0 Å². The van der Waals surface area contributed by atoms with E-state index >= 15 is 0 Å². The molecule has 2 rings (SSSR count). The lowest BCUT2D eigenvalue weighted by Crippen LogP contribution is -2.44. The first-order valence-electron chi connectivity index (χ1n) is 6.58. The van der Waals surface area contributed by atoms with E-state index in [0.29, 0.717) is 12.1 Å². The number of rotatable bonds is 3. The average molecular weight is 236 g/mol. The van der Waals surface area contributed by atoms with Gasteiger partial charge in [-0.15, -0.1) is 0 Å². The van der Waals surface area contributed by atoms with Crippen LogP contribution in [0.25, 0.3) is 0 Å². The van der Waals surface area contributed by atoms with Crippen LogP contribution in [0.5, 0.6) is 0 Å². The Hall–Kier alpha value is -0.800. The van der Waals surface area contributed by atoms with Crippen molar-refractivity contribution in [3.63, 3.8) is 0 Å². The summed E-state index contributed by atoms with van der Waals surface area (Å²) in [4.78, 5) is 2.40. The van der Waals surface area contributed by atoms with Crippen molar-refractivity contribution in [2.75, 3.05) is 20.1 Å². The van der Waals surface area contributed by atoms with Gasteiger partial charge in [0, 0.05) is 24.2 Å². The van der Waals surface area contributed by atoms with Crippen LogP contribution in [0.4, 0.5) is 0 Å². The van der Waals surface area contributed by atoms with Crippen molar-refractivity contribution in [2.45, 2.75) is 45.7 Å². The van der Waals surface area contributed by atoms with Crippen molar-refractivity contribution in [1.29, 1.82) is 0 Å². The molecule has 17 heavy (non-hydrogen) atoms. The minimum absolute atomic E-state index is 0.379. The van der Waals surface area contributed by atoms with E-state index in [1.165, 1.54) is 24.9 Å². The van der Waals surface area contributed by atoms with Gasteiger partial charge in [-0.2, -0.15) is 0 Å². The van der Waals surface area contributed by atoms with E-state index in [1.807, 2.05) is 13.8 Å². The summed E-state index contributed by atoms with van der Waals surface area (Å²) in [6, 6.07) is 3.14. The lowest BCUT2D eigenvalue weighted by molar-refractivity contribution is 0.218. The topological polar surface area (TPSA) is 28.4 Å². The van der Waals surface area contributed by atoms with E-state index in [0.717, 1.165) is 18.1 Å². The molecule has 0 radical (unpaired) electrons. The lowest BCUT2D eigenvalue weighted by atomic mass is 10.0. The summed E-state index contributed by atoms with van der Waals surface area (Å²) in [7, 11) is 2.20. The van der Waals surface area contributed by atoms with Crippen LogP contribution in [0.15, 0.2) is 10.5 Å². The van der Waals surface area contributed by atoms with Crippen LogP contribution in [0.1, 0.15) is 42.9 Å². The van der Waals surface area contributed by atoms with Gasteiger partial charge in [0.2, 0.25) is 0 Å². The molecule has 96 valence electrons. The third kappa shape index (κ3) is 3.11. The van der Waals surface area contributed by atoms with Crippen LogP contribution in [0, 0.1) is 13.8 Å². The molecule has 1 N–H and O–H groups in total. The summed E-state index contributed by atoms with van der Waals surface area (Å²) >= 11 is 0. The standard InChI is InChI=1S/C14H24N2O/c1-10-8-14(12(3)17-10)11(2)15-13-6-5-7-16(4)9-13/h8,11,13,15H,5-7,9H2,1-4H3. The van der Waals surface area contributed by atoms with Gasteiger partial charge >= 0.3 is 0 Å². The molecule has 0 spiro atoms. The van der Waals surface area contributed by atoms with Crippen molar-refractivity contribution in [2.24, 2.45) is 0 Å². The summed E-state index contributed by atoms with van der Waals surface area (Å²) in [5, 5.41) is 3.72. The van der Waals surface area contributed by atoms with Crippen molar-refractivity contribution in [1.82, 2.24) is 10.2 Å². The Morgan fingerprint density at radius 1 is 1.47 bits per heavy atom. The molecule has 2 unspecified atom stereocenters. The molecular formula is C14H24N2O. The second-order valence-electron chi connectivity index (χ2n) is 5.36. The van der Waals surface area contributed by atoms with E-state index in [1.54, 1.807) is 0 Å². The highest BCUT2D eigenvalue weighted by Crippen LogP contribution is 2.22. The Balaban J connectivity index is 1.96. The molecule has 1 fully saturated rings. The number of likely N-dealkylation sites (tertiary alicyclic amines) is 1. The Labute approximate surface area is 104 Å². The maximum absolute atomic E-state index is 5.60.